The van der Waals surface area contributed by atoms with Gasteiger partial charge in [-0.05, 0) is 18.4 Å². The molecule has 76 valence electrons. The fraction of sp³-hybridized carbons (Fsp3) is 0.0833. The molecule has 15 heavy (non-hydrogen) atoms. The van der Waals surface area contributed by atoms with Crippen molar-refractivity contribution < 1.29 is 15.0 Å². The number of phenolic OH excluding ortho intramolecular Hbond substituents is 2. The Morgan fingerprint density at radius 2 is 1.80 bits per heavy atom. The molecule has 0 unspecified atom stereocenters. The molecule has 0 saturated heterocycles. The Labute approximate surface area is 86.6 Å². The third kappa shape index (κ3) is 1.42. The van der Waals surface area contributed by atoms with Gasteiger partial charge in [0.1, 0.15) is 0 Å². The van der Waals surface area contributed by atoms with E-state index in [9.17, 15) is 15.0 Å². The van der Waals surface area contributed by atoms with Crippen LogP contribution in [0.15, 0.2) is 30.3 Å². The lowest BCUT2D eigenvalue weighted by Crippen LogP contribution is -1.93. The number of benzene rings is 2. The third-order valence-corrected chi connectivity index (χ3v) is 2.37. The van der Waals surface area contributed by atoms with Crippen LogP contribution < -0.4 is 0 Å². The third-order valence-electron chi connectivity index (χ3n) is 2.37. The molecule has 2 aromatic carbocycles. The number of fused-ring (bicyclic) bond motifs is 1. The lowest BCUT2D eigenvalue weighted by molar-refractivity contribution is 0.101. The molecule has 0 heterocycles. The Morgan fingerprint density at radius 3 is 2.47 bits per heavy atom. The molecule has 2 N–H and O–H groups in total. The van der Waals surface area contributed by atoms with Gasteiger partial charge in [0.05, 0.1) is 5.56 Å². The van der Waals surface area contributed by atoms with Gasteiger partial charge < -0.3 is 10.2 Å². The van der Waals surface area contributed by atoms with E-state index in [0.29, 0.717) is 5.39 Å². The van der Waals surface area contributed by atoms with Crippen molar-refractivity contribution in [3.8, 4) is 11.5 Å². The van der Waals surface area contributed by atoms with Crippen molar-refractivity contribution in [2.75, 3.05) is 0 Å². The SMILES string of the molecule is CC(=O)c1cc2ccccc2c(O)c1O. The molecule has 0 saturated carbocycles. The molecule has 0 aromatic heterocycles. The van der Waals surface area contributed by atoms with Gasteiger partial charge in [0.2, 0.25) is 0 Å². The summed E-state index contributed by atoms with van der Waals surface area (Å²) in [4.78, 5) is 11.2. The van der Waals surface area contributed by atoms with Crippen LogP contribution in [-0.2, 0) is 0 Å². The summed E-state index contributed by atoms with van der Waals surface area (Å²) in [5.41, 5.74) is 0.145. The fourth-order valence-corrected chi connectivity index (χ4v) is 1.59. The number of Topliss-reactive ketones (excluding diaryl/α,β-unsaturated/α-hetero) is 1. The molecule has 0 aliphatic rings. The minimum absolute atomic E-state index is 0.145. The Balaban J connectivity index is 2.88. The molecule has 0 bridgehead atoms. The maximum absolute atomic E-state index is 11.2. The van der Waals surface area contributed by atoms with E-state index in [1.54, 1.807) is 24.3 Å². The molecule has 0 amide bonds. The van der Waals surface area contributed by atoms with E-state index >= 15 is 0 Å². The van der Waals surface area contributed by atoms with Crippen molar-refractivity contribution in [1.82, 2.24) is 0 Å². The summed E-state index contributed by atoms with van der Waals surface area (Å²) in [6.45, 7) is 1.35. The van der Waals surface area contributed by atoms with E-state index < -0.39 is 0 Å². The second-order valence-electron chi connectivity index (χ2n) is 3.40. The van der Waals surface area contributed by atoms with Crippen LogP contribution in [0.5, 0.6) is 11.5 Å². The van der Waals surface area contributed by atoms with Crippen molar-refractivity contribution in [2.45, 2.75) is 6.92 Å². The van der Waals surface area contributed by atoms with Crippen molar-refractivity contribution in [1.29, 1.82) is 0 Å². The summed E-state index contributed by atoms with van der Waals surface area (Å²) in [6.07, 6.45) is 0. The summed E-state index contributed by atoms with van der Waals surface area (Å²) >= 11 is 0. The molecule has 0 aliphatic heterocycles. The fourth-order valence-electron chi connectivity index (χ4n) is 1.59. The van der Waals surface area contributed by atoms with Crippen LogP contribution >= 0.6 is 0 Å². The lowest BCUT2D eigenvalue weighted by Gasteiger charge is -2.07. The first-order chi connectivity index (χ1) is 7.11. The first-order valence-corrected chi connectivity index (χ1v) is 4.56. The minimum Gasteiger partial charge on any atom is -0.504 e. The quantitative estimate of drug-likeness (QED) is 0.551. The average molecular weight is 202 g/mol. The number of hydrogen-bond acceptors (Lipinski definition) is 3. The highest BCUT2D eigenvalue weighted by molar-refractivity contribution is 6.04. The minimum atomic E-state index is -0.346. The van der Waals surface area contributed by atoms with Crippen molar-refractivity contribution in [2.24, 2.45) is 0 Å². The summed E-state index contributed by atoms with van der Waals surface area (Å²) < 4.78 is 0. The number of rotatable bonds is 1. The highest BCUT2D eigenvalue weighted by Gasteiger charge is 2.13. The van der Waals surface area contributed by atoms with Crippen LogP contribution in [0.25, 0.3) is 10.8 Å². The van der Waals surface area contributed by atoms with Crippen LogP contribution in [0.4, 0.5) is 0 Å². The molecule has 0 aliphatic carbocycles. The highest BCUT2D eigenvalue weighted by atomic mass is 16.3. The van der Waals surface area contributed by atoms with E-state index in [1.807, 2.05) is 6.07 Å². The zero-order chi connectivity index (χ0) is 11.0. The number of carbonyl (C=O) groups excluding carboxylic acids is 1. The van der Waals surface area contributed by atoms with Gasteiger partial charge in [-0.3, -0.25) is 4.79 Å². The van der Waals surface area contributed by atoms with E-state index in [0.717, 1.165) is 5.39 Å². The van der Waals surface area contributed by atoms with Crippen molar-refractivity contribution in [3.63, 3.8) is 0 Å². The van der Waals surface area contributed by atoms with E-state index in [4.69, 9.17) is 0 Å². The maximum atomic E-state index is 11.2. The second-order valence-corrected chi connectivity index (χ2v) is 3.40. The Bertz CT molecular complexity index is 544. The first kappa shape index (κ1) is 9.52. The number of phenols is 2. The standard InChI is InChI=1S/C12H10O3/c1-7(13)10-6-8-4-2-3-5-9(8)11(14)12(10)15/h2-6,14-15H,1H3. The number of hydrogen-bond donors (Lipinski definition) is 2. The summed E-state index contributed by atoms with van der Waals surface area (Å²) in [5, 5.41) is 20.6. The topological polar surface area (TPSA) is 57.5 Å². The van der Waals surface area contributed by atoms with E-state index in [-0.39, 0.29) is 22.8 Å². The lowest BCUT2D eigenvalue weighted by atomic mass is 10.0. The van der Waals surface area contributed by atoms with Gasteiger partial charge in [0.15, 0.2) is 17.3 Å². The smallest absolute Gasteiger partial charge is 0.169 e. The predicted octanol–water partition coefficient (Wildman–Crippen LogP) is 2.45. The highest BCUT2D eigenvalue weighted by Crippen LogP contribution is 2.36. The number of carbonyl (C=O) groups is 1. The van der Waals surface area contributed by atoms with Crippen LogP contribution in [-0.4, -0.2) is 16.0 Å². The van der Waals surface area contributed by atoms with Gasteiger partial charge >= 0.3 is 0 Å². The van der Waals surface area contributed by atoms with Crippen molar-refractivity contribution in [3.05, 3.63) is 35.9 Å². The molecular formula is C12H10O3. The zero-order valence-corrected chi connectivity index (χ0v) is 8.19. The van der Waals surface area contributed by atoms with Gasteiger partial charge in [-0.2, -0.15) is 0 Å². The number of aromatic hydroxyl groups is 2. The molecule has 0 radical (unpaired) electrons. The number of ketones is 1. The molecule has 0 atom stereocenters. The van der Waals surface area contributed by atoms with Gasteiger partial charge in [0.25, 0.3) is 0 Å². The Morgan fingerprint density at radius 1 is 1.13 bits per heavy atom. The Kier molecular flexibility index (Phi) is 2.08. The normalized spacial score (nSPS) is 10.5. The molecule has 3 nitrogen and oxygen atoms in total. The zero-order valence-electron chi connectivity index (χ0n) is 8.19. The van der Waals surface area contributed by atoms with Gasteiger partial charge in [0, 0.05) is 5.39 Å². The van der Waals surface area contributed by atoms with Crippen LogP contribution in [0.2, 0.25) is 0 Å². The van der Waals surface area contributed by atoms with Crippen LogP contribution in [0.3, 0.4) is 0 Å². The van der Waals surface area contributed by atoms with Gasteiger partial charge in [-0.25, -0.2) is 0 Å². The Hall–Kier alpha value is -2.03. The first-order valence-electron chi connectivity index (χ1n) is 4.56. The van der Waals surface area contributed by atoms with Crippen LogP contribution in [0, 0.1) is 0 Å². The van der Waals surface area contributed by atoms with Crippen LogP contribution in [0.1, 0.15) is 17.3 Å². The van der Waals surface area contributed by atoms with Gasteiger partial charge in [-0.15, -0.1) is 0 Å². The molecule has 0 fully saturated rings. The maximum Gasteiger partial charge on any atom is 0.169 e. The second kappa shape index (κ2) is 3.28. The molecule has 2 rings (SSSR count). The summed E-state index contributed by atoms with van der Waals surface area (Å²) in [6, 6.07) is 8.61. The molecule has 3 heteroatoms. The molecule has 0 spiro atoms. The van der Waals surface area contributed by atoms with Gasteiger partial charge in [-0.1, -0.05) is 24.3 Å². The van der Waals surface area contributed by atoms with Crippen molar-refractivity contribution >= 4 is 16.6 Å². The monoisotopic (exact) mass is 202 g/mol. The molecular weight excluding hydrogens is 192 g/mol. The molecule has 2 aromatic rings. The summed E-state index contributed by atoms with van der Waals surface area (Å²) in [5.74, 6) is -0.854. The average Bonchev–Trinajstić information content (AvgIpc) is 2.23. The van der Waals surface area contributed by atoms with E-state index in [2.05, 4.69) is 0 Å². The largest absolute Gasteiger partial charge is 0.504 e. The summed E-state index contributed by atoms with van der Waals surface area (Å²) in [7, 11) is 0. The van der Waals surface area contributed by atoms with E-state index in [1.165, 1.54) is 6.92 Å². The predicted molar refractivity (Wildman–Crippen MR) is 57.3 cm³/mol.